The number of carbonyl (C=O) groups is 2. The summed E-state index contributed by atoms with van der Waals surface area (Å²) < 4.78 is 76.0. The van der Waals surface area contributed by atoms with E-state index in [9.17, 15) is 38.7 Å². The third-order valence-electron chi connectivity index (χ3n) is 11.5. The molecule has 0 radical (unpaired) electrons. The first-order chi connectivity index (χ1) is 29.4. The van der Waals surface area contributed by atoms with Gasteiger partial charge in [0.2, 0.25) is 0 Å². The van der Waals surface area contributed by atoms with Crippen LogP contribution >= 0.6 is 15.6 Å². The van der Waals surface area contributed by atoms with Crippen LogP contribution in [0.25, 0.3) is 0 Å². The van der Waals surface area contributed by atoms with Gasteiger partial charge in [-0.1, -0.05) is 5.21 Å². The summed E-state index contributed by atoms with van der Waals surface area (Å²) in [6, 6.07) is 0. The highest BCUT2D eigenvalue weighted by Gasteiger charge is 2.51. The first kappa shape index (κ1) is 52.0. The van der Waals surface area contributed by atoms with Crippen molar-refractivity contribution in [3.63, 3.8) is 0 Å². The van der Waals surface area contributed by atoms with Gasteiger partial charge in [0, 0.05) is 13.0 Å². The minimum atomic E-state index is -4.56. The van der Waals surface area contributed by atoms with Gasteiger partial charge in [-0.2, -0.15) is 0 Å². The summed E-state index contributed by atoms with van der Waals surface area (Å²) in [7, 11) is -8.98. The number of ether oxygens (including phenoxy) is 5. The monoisotopic (exact) mass is 940 g/mol. The van der Waals surface area contributed by atoms with E-state index in [1.807, 2.05) is 41.5 Å². The summed E-state index contributed by atoms with van der Waals surface area (Å²) in [4.78, 5) is 45.9. The molecule has 63 heavy (non-hydrogen) atoms. The number of aryl methyl sites for hydroxylation is 1. The molecule has 2 aliphatic heterocycles. The molecular weight excluding hydrogens is 870 g/mol. The summed E-state index contributed by atoms with van der Waals surface area (Å²) >= 11 is 0. The maximum Gasteiger partial charge on any atom is 0.472 e. The quantitative estimate of drug-likeness (QED) is 0.0771. The number of rotatable bonds is 23. The van der Waals surface area contributed by atoms with Crippen molar-refractivity contribution in [1.82, 2.24) is 20.3 Å². The molecule has 1 amide bonds. The van der Waals surface area contributed by atoms with E-state index >= 15 is 0 Å². The first-order valence-electron chi connectivity index (χ1n) is 22.0. The minimum Gasteiger partial charge on any atom is -0.449 e. The number of phosphoric acid groups is 2. The van der Waals surface area contributed by atoms with E-state index in [-0.39, 0.29) is 70.7 Å². The number of Topliss-reactive ketones (excluding diaryl/α,β-unsaturated/α-hetero) is 1. The van der Waals surface area contributed by atoms with Gasteiger partial charge in [0.15, 0.2) is 5.78 Å². The van der Waals surface area contributed by atoms with Crippen LogP contribution in [0.15, 0.2) is 0 Å². The largest absolute Gasteiger partial charge is 0.472 e. The molecule has 21 nitrogen and oxygen atoms in total. The van der Waals surface area contributed by atoms with Crippen LogP contribution in [-0.4, -0.2) is 146 Å². The van der Waals surface area contributed by atoms with Crippen LogP contribution < -0.4 is 5.32 Å². The van der Waals surface area contributed by atoms with E-state index in [0.717, 1.165) is 24.2 Å². The summed E-state index contributed by atoms with van der Waals surface area (Å²) in [5, 5.41) is 32.2. The predicted molar refractivity (Wildman–Crippen MR) is 223 cm³/mol. The number of nitrogens with zero attached hydrogens (tertiary/aromatic N) is 3. The third-order valence-corrected chi connectivity index (χ3v) is 13.5. The lowest BCUT2D eigenvalue weighted by Gasteiger charge is -2.29. The van der Waals surface area contributed by atoms with E-state index in [1.54, 1.807) is 18.5 Å². The standard InChI is InChI=1S/C40H70N4O17P2/c1-24-34(46)36(60-40(6,7)8)33(59-24)23-57-62(49,50)55-18-10-9-12-26(45)20-44-31-16-14-28-27(13-15-30(31)42-43-44)29(28)21-53-38(48)41-17-11-19-56-63(51,52)61-37-32(22-54-39(3,4)5)58-25(2)35(37)47/h24-25,27-29,32-37,46-47H,9-23H2,1-8H3,(H,41,48)(H,49,50)(H,51,52)/t24-,25-,27?,28?,29?,32+,33+,34?,35?,36-,37-/m0/s1. The average Bonchev–Trinajstić information content (AvgIpc) is 3.41. The Balaban J connectivity index is 0.930. The summed E-state index contributed by atoms with van der Waals surface area (Å²) in [5.41, 5.74) is 0.722. The van der Waals surface area contributed by atoms with Crippen LogP contribution in [0.4, 0.5) is 4.79 Å². The summed E-state index contributed by atoms with van der Waals surface area (Å²) in [6.45, 7) is 14.3. The fraction of sp³-hybridized carbons (Fsp3) is 0.900. The molecule has 3 heterocycles. The number of hydrogen-bond donors (Lipinski definition) is 5. The number of carbonyl (C=O) groups excluding carboxylic acids is 2. The Morgan fingerprint density at radius 3 is 2.10 bits per heavy atom. The Kier molecular flexibility index (Phi) is 18.4. The topological polar surface area (TPSA) is 275 Å². The number of aliphatic hydroxyl groups is 2. The van der Waals surface area contributed by atoms with E-state index in [1.165, 1.54) is 0 Å². The van der Waals surface area contributed by atoms with Crippen molar-refractivity contribution in [3.8, 4) is 0 Å². The maximum atomic E-state index is 12.9. The zero-order valence-electron chi connectivity index (χ0n) is 37.8. The molecule has 0 bridgehead atoms. The van der Waals surface area contributed by atoms with Crippen molar-refractivity contribution in [1.29, 1.82) is 0 Å². The van der Waals surface area contributed by atoms with Gasteiger partial charge in [0.25, 0.3) is 0 Å². The lowest BCUT2D eigenvalue weighted by molar-refractivity contribution is -0.120. The first-order valence-corrected chi connectivity index (χ1v) is 25.0. The van der Waals surface area contributed by atoms with Crippen LogP contribution in [0.5, 0.6) is 0 Å². The number of unbranched alkanes of at least 4 members (excludes halogenated alkanes) is 1. The Bertz CT molecular complexity index is 1760. The molecular formula is C40H70N4O17P2. The molecule has 23 heteroatoms. The second kappa shape index (κ2) is 22.2. The van der Waals surface area contributed by atoms with Crippen molar-refractivity contribution < 1.29 is 80.5 Å². The van der Waals surface area contributed by atoms with Crippen LogP contribution in [0.2, 0.25) is 0 Å². The molecule has 1 saturated carbocycles. The minimum absolute atomic E-state index is 0.0528. The Labute approximate surface area is 369 Å². The Morgan fingerprint density at radius 2 is 1.43 bits per heavy atom. The molecule has 13 atom stereocenters. The molecule has 5 N–H and O–H groups in total. The summed E-state index contributed by atoms with van der Waals surface area (Å²) in [6.07, 6.45) is -2.95. The number of aromatic nitrogens is 3. The smallest absolute Gasteiger partial charge is 0.449 e. The molecule has 0 spiro atoms. The zero-order chi connectivity index (χ0) is 46.3. The van der Waals surface area contributed by atoms with Gasteiger partial charge in [-0.05, 0) is 118 Å². The van der Waals surface area contributed by atoms with Gasteiger partial charge in [-0.3, -0.25) is 22.9 Å². The molecule has 0 aromatic carbocycles. The number of aliphatic hydroxyl groups excluding tert-OH is 2. The van der Waals surface area contributed by atoms with E-state index in [0.29, 0.717) is 37.5 Å². The second-order valence-corrected chi connectivity index (χ2v) is 21.8. The van der Waals surface area contributed by atoms with Gasteiger partial charge in [-0.15, -0.1) is 5.10 Å². The van der Waals surface area contributed by atoms with Crippen LogP contribution in [0, 0.1) is 17.8 Å². The van der Waals surface area contributed by atoms with Crippen molar-refractivity contribution >= 4 is 27.5 Å². The fourth-order valence-corrected chi connectivity index (χ4v) is 9.99. The lowest BCUT2D eigenvalue weighted by Crippen LogP contribution is -2.41. The van der Waals surface area contributed by atoms with Gasteiger partial charge >= 0.3 is 21.7 Å². The molecule has 3 fully saturated rings. The van der Waals surface area contributed by atoms with Crippen LogP contribution in [0.1, 0.15) is 105 Å². The van der Waals surface area contributed by atoms with Gasteiger partial charge in [-0.25, -0.2) is 18.6 Å². The zero-order valence-corrected chi connectivity index (χ0v) is 39.6. The molecule has 7 unspecified atom stereocenters. The number of hydrogen-bond acceptors (Lipinski definition) is 17. The van der Waals surface area contributed by atoms with E-state index < -0.39 is 81.8 Å². The molecule has 2 aliphatic carbocycles. The molecule has 1 aromatic heterocycles. The maximum absolute atomic E-state index is 12.9. The highest BCUT2D eigenvalue weighted by Crippen LogP contribution is 2.53. The number of amides is 1. The SMILES string of the molecule is C[C@@H]1O[C@H](COP(=O)(O)OCCCCC(=O)Cn2nnc3c2CCC2C(CC3)C2COC(=O)NCCCOP(=O)(O)O[C@@H]2C(O)[C@H](C)O[C@@H]2COC(C)(C)C)[C@H](OC(C)(C)C)C1O. The number of phosphoric ester groups is 2. The molecule has 362 valence electrons. The van der Waals surface area contributed by atoms with Gasteiger partial charge in [0.05, 0.1) is 67.8 Å². The molecule has 2 saturated heterocycles. The van der Waals surface area contributed by atoms with Crippen molar-refractivity contribution in [2.75, 3.05) is 39.6 Å². The van der Waals surface area contributed by atoms with E-state index in [2.05, 4.69) is 15.6 Å². The average molecular weight is 941 g/mol. The highest BCUT2D eigenvalue weighted by molar-refractivity contribution is 7.47. The van der Waals surface area contributed by atoms with Crippen molar-refractivity contribution in [3.05, 3.63) is 11.4 Å². The van der Waals surface area contributed by atoms with Crippen LogP contribution in [0.3, 0.4) is 0 Å². The van der Waals surface area contributed by atoms with Crippen LogP contribution in [-0.2, 0) is 75.1 Å². The Morgan fingerprint density at radius 1 is 0.810 bits per heavy atom. The Hall–Kier alpha value is -1.94. The number of nitrogens with one attached hydrogen (secondary N) is 1. The second-order valence-electron chi connectivity index (χ2n) is 18.9. The fourth-order valence-electron chi connectivity index (χ4n) is 8.23. The summed E-state index contributed by atoms with van der Waals surface area (Å²) in [5.74, 6) is 0.882. The molecule has 4 aliphatic rings. The highest BCUT2D eigenvalue weighted by atomic mass is 31.2. The molecule has 1 aromatic rings. The van der Waals surface area contributed by atoms with Gasteiger partial charge < -0.3 is 49.0 Å². The number of alkyl carbamates (subject to hydrolysis) is 1. The van der Waals surface area contributed by atoms with Crippen molar-refractivity contribution in [2.24, 2.45) is 17.8 Å². The lowest BCUT2D eigenvalue weighted by atomic mass is 10.0. The van der Waals surface area contributed by atoms with Crippen molar-refractivity contribution in [2.45, 2.75) is 173 Å². The third kappa shape index (κ3) is 16.1. The normalized spacial score (nSPS) is 31.6. The predicted octanol–water partition coefficient (Wildman–Crippen LogP) is 3.81. The number of ketones is 1. The molecule has 5 rings (SSSR count). The van der Waals surface area contributed by atoms with Gasteiger partial charge in [0.1, 0.15) is 43.2 Å². The van der Waals surface area contributed by atoms with E-state index in [4.69, 9.17) is 41.8 Å². The number of fused-ring (bicyclic) bond motifs is 2.